The number of carbonyl (C=O) groups is 3. The molecule has 18 nitrogen and oxygen atoms in total. The number of hydrogen-bond donors (Lipinski definition) is 4. The van der Waals surface area contributed by atoms with Gasteiger partial charge in [-0.05, 0) is 91.5 Å². The van der Waals surface area contributed by atoms with E-state index >= 15 is 0 Å². The predicted molar refractivity (Wildman–Crippen MR) is 310 cm³/mol. The van der Waals surface area contributed by atoms with Crippen LogP contribution in [0.5, 0.6) is 0 Å². The maximum absolute atomic E-state index is 14.2. The lowest BCUT2D eigenvalue weighted by atomic mass is 9.85. The number of aromatic nitrogens is 5. The van der Waals surface area contributed by atoms with Crippen LogP contribution in [0.25, 0.3) is 21.7 Å². The summed E-state index contributed by atoms with van der Waals surface area (Å²) in [5.41, 5.74) is 17.6. The van der Waals surface area contributed by atoms with Gasteiger partial charge in [0.25, 0.3) is 0 Å². The first-order valence-electron chi connectivity index (χ1n) is 27.9. The largest absolute Gasteiger partial charge is 0.391 e. The second-order valence-corrected chi connectivity index (χ2v) is 23.6. The summed E-state index contributed by atoms with van der Waals surface area (Å²) in [4.78, 5) is 67.4. The molecular formula is C60H75N13O5S. The summed E-state index contributed by atoms with van der Waals surface area (Å²) >= 11 is 1.58. The number of carbonyl (C=O) groups excluding carboxylic acids is 3. The fraction of sp³-hybridized carbons (Fsp3) is 0.467. The number of nitrogens with two attached hydrogens (primary N) is 1. The number of amides is 3. The molecule has 2 unspecified atom stereocenters. The number of anilines is 4. The number of aliphatic hydroxyl groups excluding tert-OH is 1. The molecule has 3 amide bonds. The lowest BCUT2D eigenvalue weighted by Gasteiger charge is -2.43. The van der Waals surface area contributed by atoms with Crippen molar-refractivity contribution in [2.75, 3.05) is 86.0 Å². The SMILES string of the molecule is Cc1ccccc1-c1cc(N2CC3CCC(C2)N3c2ccnc(CCCOCCN3CCN(c4ccc(CC(=O)N[C@H](C(=O)N5C[C@H](O)C[C@H]5C(=O)NCc5ccc(-c6scnc6C)cc5)C(C)(C)C)cn4)CC3)c2)c(N)nn1. The monoisotopic (exact) mass is 1090 g/mol. The Labute approximate surface area is 467 Å². The van der Waals surface area contributed by atoms with Crippen LogP contribution in [-0.2, 0) is 38.5 Å². The van der Waals surface area contributed by atoms with Crippen LogP contribution in [-0.4, -0.2) is 154 Å². The molecule has 4 aromatic heterocycles. The highest BCUT2D eigenvalue weighted by Crippen LogP contribution is 2.39. The number of aryl methyl sites for hydroxylation is 3. The minimum absolute atomic E-state index is 0.00725. The molecule has 0 radical (unpaired) electrons. The lowest BCUT2D eigenvalue weighted by molar-refractivity contribution is -0.144. The molecular weight excluding hydrogens is 1010 g/mol. The summed E-state index contributed by atoms with van der Waals surface area (Å²) in [6.07, 6.45) is 7.00. The molecule has 5 N–H and O–H groups in total. The number of piperazine rings is 2. The van der Waals surface area contributed by atoms with E-state index < -0.39 is 29.5 Å². The first-order chi connectivity index (χ1) is 38.1. The number of ether oxygens (including phenoxy) is 1. The van der Waals surface area contributed by atoms with Gasteiger partial charge >= 0.3 is 0 Å². The smallest absolute Gasteiger partial charge is 0.246 e. The fourth-order valence-corrected chi connectivity index (χ4v) is 12.5. The topological polar surface area (TPSA) is 211 Å². The first kappa shape index (κ1) is 55.3. The van der Waals surface area contributed by atoms with Crippen LogP contribution in [0.2, 0.25) is 0 Å². The van der Waals surface area contributed by atoms with Crippen molar-refractivity contribution in [2.24, 2.45) is 5.41 Å². The molecule has 4 fully saturated rings. The Morgan fingerprint density at radius 3 is 2.33 bits per heavy atom. The van der Waals surface area contributed by atoms with Gasteiger partial charge in [-0.3, -0.25) is 24.3 Å². The number of hydrogen-bond acceptors (Lipinski definition) is 16. The molecule has 5 atom stereocenters. The predicted octanol–water partition coefficient (Wildman–Crippen LogP) is 6.24. The minimum Gasteiger partial charge on any atom is -0.391 e. The molecule has 0 aliphatic carbocycles. The Hall–Kier alpha value is -7.06. The first-order valence-corrected chi connectivity index (χ1v) is 28.8. The van der Waals surface area contributed by atoms with Crippen LogP contribution in [0.4, 0.5) is 23.0 Å². The molecule has 10 rings (SSSR count). The van der Waals surface area contributed by atoms with Crippen molar-refractivity contribution in [1.29, 1.82) is 0 Å². The summed E-state index contributed by atoms with van der Waals surface area (Å²) in [6.45, 7) is 17.4. The summed E-state index contributed by atoms with van der Waals surface area (Å²) in [6, 6.07) is 25.6. The maximum atomic E-state index is 14.2. The van der Waals surface area contributed by atoms with Gasteiger partial charge in [-0.2, -0.15) is 0 Å². The number of rotatable bonds is 19. The van der Waals surface area contributed by atoms with Crippen molar-refractivity contribution < 1.29 is 24.2 Å². The number of aliphatic hydroxyl groups is 1. The summed E-state index contributed by atoms with van der Waals surface area (Å²) in [7, 11) is 0. The van der Waals surface area contributed by atoms with E-state index in [0.717, 1.165) is 133 Å². The number of nitrogens with one attached hydrogen (secondary N) is 2. The molecule has 6 aromatic rings. The van der Waals surface area contributed by atoms with E-state index in [1.807, 2.05) is 87.9 Å². The molecule has 4 aliphatic rings. The highest BCUT2D eigenvalue weighted by atomic mass is 32.1. The van der Waals surface area contributed by atoms with E-state index in [2.05, 4.69) is 82.7 Å². The Morgan fingerprint density at radius 1 is 0.861 bits per heavy atom. The summed E-state index contributed by atoms with van der Waals surface area (Å²) in [5.74, 6) is 0.263. The zero-order valence-corrected chi connectivity index (χ0v) is 47.0. The van der Waals surface area contributed by atoms with Gasteiger partial charge in [0.1, 0.15) is 17.9 Å². The molecule has 0 spiro atoms. The average molecular weight is 1090 g/mol. The fourth-order valence-electron chi connectivity index (χ4n) is 11.7. The number of fused-ring (bicyclic) bond motifs is 2. The minimum atomic E-state index is -0.925. The lowest BCUT2D eigenvalue weighted by Crippen LogP contribution is -2.58. The normalized spacial score (nSPS) is 19.9. The van der Waals surface area contributed by atoms with Crippen molar-refractivity contribution >= 4 is 52.1 Å². The molecule has 79 heavy (non-hydrogen) atoms. The molecule has 2 bridgehead atoms. The van der Waals surface area contributed by atoms with Crippen molar-refractivity contribution in [3.05, 3.63) is 125 Å². The molecule has 2 aromatic carbocycles. The van der Waals surface area contributed by atoms with Gasteiger partial charge in [-0.1, -0.05) is 75.4 Å². The van der Waals surface area contributed by atoms with Crippen LogP contribution in [0.1, 0.15) is 74.5 Å². The molecule has 416 valence electrons. The van der Waals surface area contributed by atoms with E-state index in [9.17, 15) is 19.5 Å². The maximum Gasteiger partial charge on any atom is 0.246 e. The van der Waals surface area contributed by atoms with Crippen molar-refractivity contribution in [2.45, 2.75) is 110 Å². The third kappa shape index (κ3) is 13.2. The number of nitrogens with zero attached hydrogens (tertiary/aromatic N) is 10. The van der Waals surface area contributed by atoms with Gasteiger partial charge in [0.2, 0.25) is 17.7 Å². The molecule has 4 saturated heterocycles. The highest BCUT2D eigenvalue weighted by Gasteiger charge is 2.45. The van der Waals surface area contributed by atoms with Gasteiger partial charge in [0.15, 0.2) is 5.82 Å². The molecule has 19 heteroatoms. The third-order valence-corrected chi connectivity index (χ3v) is 17.0. The van der Waals surface area contributed by atoms with E-state index in [1.165, 1.54) is 10.6 Å². The van der Waals surface area contributed by atoms with Crippen LogP contribution in [0.3, 0.4) is 0 Å². The number of likely N-dealkylation sites (tertiary alicyclic amines) is 1. The second kappa shape index (κ2) is 24.5. The van der Waals surface area contributed by atoms with Crippen molar-refractivity contribution in [3.8, 4) is 21.7 Å². The Morgan fingerprint density at radius 2 is 1.62 bits per heavy atom. The number of β-amino-alcohol motifs (C(OH)–C–C–N with tert-alkyl or cyclic N) is 1. The number of thiazole rings is 1. The van der Waals surface area contributed by atoms with Crippen molar-refractivity contribution in [1.82, 2.24) is 45.6 Å². The van der Waals surface area contributed by atoms with Gasteiger partial charge in [-0.25, -0.2) is 9.97 Å². The molecule has 0 saturated carbocycles. The van der Waals surface area contributed by atoms with E-state index in [4.69, 9.17) is 20.4 Å². The van der Waals surface area contributed by atoms with E-state index in [1.54, 1.807) is 17.5 Å². The van der Waals surface area contributed by atoms with Gasteiger partial charge in [-0.15, -0.1) is 21.5 Å². The highest BCUT2D eigenvalue weighted by molar-refractivity contribution is 7.13. The second-order valence-electron chi connectivity index (χ2n) is 22.7. The van der Waals surface area contributed by atoms with Crippen LogP contribution >= 0.6 is 11.3 Å². The number of pyridine rings is 2. The van der Waals surface area contributed by atoms with Gasteiger partial charge in [0.05, 0.1) is 46.6 Å². The van der Waals surface area contributed by atoms with Crippen LogP contribution in [0, 0.1) is 19.3 Å². The third-order valence-electron chi connectivity index (χ3n) is 16.0. The average Bonchev–Trinajstić information content (AvgIpc) is 4.25. The quantitative estimate of drug-likeness (QED) is 0.0662. The number of benzene rings is 2. The van der Waals surface area contributed by atoms with Gasteiger partial charge in [0, 0.05) is 113 Å². The number of nitrogen functional groups attached to an aromatic ring is 1. The summed E-state index contributed by atoms with van der Waals surface area (Å²) < 4.78 is 6.14. The van der Waals surface area contributed by atoms with E-state index in [0.29, 0.717) is 31.1 Å². The molecule has 8 heterocycles. The van der Waals surface area contributed by atoms with E-state index in [-0.39, 0.29) is 37.7 Å². The zero-order valence-electron chi connectivity index (χ0n) is 46.2. The Balaban J connectivity index is 0.628. The Bertz CT molecular complexity index is 3060. The van der Waals surface area contributed by atoms with Gasteiger partial charge < -0.3 is 45.8 Å². The van der Waals surface area contributed by atoms with Crippen LogP contribution < -0.4 is 31.1 Å². The van der Waals surface area contributed by atoms with Crippen LogP contribution in [0.15, 0.2) is 96.8 Å². The summed E-state index contributed by atoms with van der Waals surface area (Å²) in [5, 5.41) is 25.4. The Kier molecular flexibility index (Phi) is 17.2. The van der Waals surface area contributed by atoms with Crippen molar-refractivity contribution in [3.63, 3.8) is 0 Å². The zero-order chi connectivity index (χ0) is 55.2. The standard InChI is InChI=1S/C60H75N13O5S/c1-39-9-6-7-11-49(39)50-32-51(57(61)68-67-50)71-35-46-17-18-47(36-71)73(46)45-20-21-62-44(30-45)10-8-27-78-28-26-69-22-24-70(25-23-69)53-19-14-42(34-63-53)29-54(75)66-56(60(3,4)5)59(77)72-37-48(74)31-52(72)58(76)64-33-41-12-15-43(16-13-41)55-40(2)65-38-79-55/h6-7,9,11-16,19-21,30,32,34,38,46-48,52,56,74H,8,10,17-18,22-29,31,33,35-37H2,1-5H3,(H2,61,68)(H,64,76)(H,66,75)/t46?,47?,48-,52+,56-/m1/s1. The molecule has 4 aliphatic heterocycles.